The van der Waals surface area contributed by atoms with E-state index in [1.165, 1.54) is 14.7 Å². The Balaban J connectivity index is 0.828. The number of urea groups is 1. The fourth-order valence-corrected chi connectivity index (χ4v) is 11.1. The predicted octanol–water partition coefficient (Wildman–Crippen LogP) is 7.07. The van der Waals surface area contributed by atoms with Gasteiger partial charge in [-0.3, -0.25) is 33.7 Å². The number of amides is 8. The van der Waals surface area contributed by atoms with Crippen molar-refractivity contribution in [2.75, 3.05) is 138 Å². The van der Waals surface area contributed by atoms with Crippen LogP contribution in [0.3, 0.4) is 0 Å². The standard InChI is InChI=1S/C68H90ClN9O16/c1-44(2)54(39-50(79)20-26-88-29-31-90-33-34-91-32-30-89-27-25-77-61(81)35-45(3)64(77)83)63(82)73-56(13-10-21-71-66(70)85)59(80)36-46-14-16-47(17-15-46)43-93-67(86)75(6)22-23-76(7)68(87)94-60-40-58-62(53-12-9-8-11-52(53)60)49(41-69)42-78(58)65(84)57-38-48-37-51(18-19-55(48)72-57)92-28-24-74(4)5/h8-9,11-12,14-19,37-38,40,44-45,49,54,56,72H,10,13,20-36,39,41-43H2,1-7H3,(H,73,82)(H3,70,71,85)/t45?,49-,54+,56+/m1/s1. The van der Waals surface area contributed by atoms with E-state index in [1.807, 2.05) is 75.3 Å². The Bertz CT molecular complexity index is 3420. The molecule has 7 rings (SSSR count). The molecule has 1 fully saturated rings. The number of aromatic amines is 1. The number of hydrogen-bond acceptors (Lipinski definition) is 17. The molecule has 25 nitrogen and oxygen atoms in total. The molecule has 8 amide bonds. The number of anilines is 1. The number of likely N-dealkylation sites (N-methyl/N-ethyl adjacent to an activating group) is 3. The van der Waals surface area contributed by atoms with Crippen molar-refractivity contribution in [2.24, 2.45) is 23.5 Å². The molecule has 1 aromatic heterocycles. The lowest BCUT2D eigenvalue weighted by molar-refractivity contribution is -0.140. The molecule has 4 atom stereocenters. The van der Waals surface area contributed by atoms with Crippen LogP contribution in [0.25, 0.3) is 21.7 Å². The van der Waals surface area contributed by atoms with Crippen LogP contribution in [-0.2, 0) is 60.7 Å². The molecular formula is C68H90ClN9O16. The molecule has 0 bridgehead atoms. The highest BCUT2D eigenvalue weighted by atomic mass is 35.5. The predicted molar refractivity (Wildman–Crippen MR) is 353 cm³/mol. The zero-order chi connectivity index (χ0) is 67.8. The number of ether oxygens (including phenoxy) is 7. The van der Waals surface area contributed by atoms with Crippen LogP contribution < -0.4 is 30.7 Å². The number of carbonyl (C=O) groups excluding carboxylic acids is 9. The van der Waals surface area contributed by atoms with Crippen LogP contribution in [0.5, 0.6) is 11.5 Å². The van der Waals surface area contributed by atoms with Gasteiger partial charge >= 0.3 is 18.2 Å². The van der Waals surface area contributed by atoms with E-state index in [1.54, 1.807) is 62.3 Å². The first-order valence-electron chi connectivity index (χ1n) is 31.9. The van der Waals surface area contributed by atoms with E-state index in [9.17, 15) is 43.2 Å². The normalized spacial score (nSPS) is 15.2. The van der Waals surface area contributed by atoms with Crippen LogP contribution in [0.15, 0.2) is 78.9 Å². The highest BCUT2D eigenvalue weighted by molar-refractivity contribution is 6.19. The largest absolute Gasteiger partial charge is 0.492 e. The third kappa shape index (κ3) is 21.4. The van der Waals surface area contributed by atoms with Gasteiger partial charge in [0.05, 0.1) is 71.1 Å². The molecule has 0 aliphatic carbocycles. The number of nitrogens with zero attached hydrogens (tertiary/aromatic N) is 5. The van der Waals surface area contributed by atoms with E-state index in [2.05, 4.69) is 15.6 Å². The van der Waals surface area contributed by atoms with E-state index in [4.69, 9.17) is 50.5 Å². The van der Waals surface area contributed by atoms with Crippen molar-refractivity contribution in [3.8, 4) is 11.5 Å². The van der Waals surface area contributed by atoms with Gasteiger partial charge in [-0.15, -0.1) is 11.6 Å². The summed E-state index contributed by atoms with van der Waals surface area (Å²) in [6.45, 7) is 9.63. The molecule has 5 aromatic rings. The first-order chi connectivity index (χ1) is 45.1. The molecule has 26 heteroatoms. The maximum atomic E-state index is 14.4. The second-order valence-electron chi connectivity index (χ2n) is 24.2. The Morgan fingerprint density at radius 1 is 0.766 bits per heavy atom. The minimum atomic E-state index is -0.940. The number of halogens is 1. The Morgan fingerprint density at radius 2 is 1.41 bits per heavy atom. The van der Waals surface area contributed by atoms with Crippen molar-refractivity contribution in [3.05, 3.63) is 101 Å². The molecule has 510 valence electrons. The summed E-state index contributed by atoms with van der Waals surface area (Å²) in [5, 5.41) is 7.68. The average Bonchev–Trinajstić information content (AvgIpc) is 1.56. The lowest BCUT2D eigenvalue weighted by atomic mass is 9.88. The average molecular weight is 1320 g/mol. The van der Waals surface area contributed by atoms with Gasteiger partial charge in [-0.2, -0.15) is 0 Å². The van der Waals surface area contributed by atoms with E-state index in [0.29, 0.717) is 79.6 Å². The Hall–Kier alpha value is -8.20. The minimum absolute atomic E-state index is 0.0495. The van der Waals surface area contributed by atoms with Crippen LogP contribution in [-0.4, -0.2) is 217 Å². The van der Waals surface area contributed by atoms with Gasteiger partial charge in [-0.1, -0.05) is 69.3 Å². The number of alkyl halides is 1. The van der Waals surface area contributed by atoms with Gasteiger partial charge in [0.25, 0.3) is 5.91 Å². The number of likely N-dealkylation sites (tertiary alicyclic amines) is 1. The fourth-order valence-electron chi connectivity index (χ4n) is 10.9. The number of ketones is 2. The molecule has 1 unspecified atom stereocenters. The minimum Gasteiger partial charge on any atom is -0.492 e. The topological polar surface area (TPSA) is 300 Å². The SMILES string of the molecule is CC1CC(=O)N(CCOCCOCCOCCOCCC(=O)C[C@H](C(=O)N[C@@H](CCCNC(N)=O)C(=O)Cc2ccc(COC(=O)N(C)CCN(C)C(=O)Oc3cc4c(c5ccccc35)[C@H](CCl)CN4C(=O)c3cc4cc(OCCN(C)C)ccc4[nH]3)cc2)C(C)C)C1=O. The Labute approximate surface area is 553 Å². The second kappa shape index (κ2) is 36.5. The third-order valence-electron chi connectivity index (χ3n) is 16.4. The number of fused-ring (bicyclic) bond motifs is 4. The number of hydrogen-bond donors (Lipinski definition) is 4. The summed E-state index contributed by atoms with van der Waals surface area (Å²) in [5.74, 6) is -1.77. The zero-order valence-electron chi connectivity index (χ0n) is 54.9. The summed E-state index contributed by atoms with van der Waals surface area (Å²) < 4.78 is 39.7. The van der Waals surface area contributed by atoms with Gasteiger partial charge in [0.1, 0.15) is 36.2 Å². The van der Waals surface area contributed by atoms with Crippen molar-refractivity contribution >= 4 is 92.4 Å². The summed E-state index contributed by atoms with van der Waals surface area (Å²) in [7, 11) is 7.05. The summed E-state index contributed by atoms with van der Waals surface area (Å²) in [6.07, 6.45) is -0.603. The van der Waals surface area contributed by atoms with Crippen molar-refractivity contribution in [1.29, 1.82) is 0 Å². The van der Waals surface area contributed by atoms with E-state index in [0.717, 1.165) is 28.4 Å². The number of imide groups is 1. The van der Waals surface area contributed by atoms with E-state index < -0.39 is 36.1 Å². The van der Waals surface area contributed by atoms with Crippen molar-refractivity contribution in [1.82, 2.24) is 35.2 Å². The van der Waals surface area contributed by atoms with Gasteiger partial charge in [0.15, 0.2) is 5.78 Å². The first kappa shape index (κ1) is 73.2. The van der Waals surface area contributed by atoms with Crippen molar-refractivity contribution < 1.29 is 76.3 Å². The highest BCUT2D eigenvalue weighted by Crippen LogP contribution is 2.46. The molecule has 0 spiro atoms. The second-order valence-corrected chi connectivity index (χ2v) is 24.5. The van der Waals surface area contributed by atoms with Crippen LogP contribution in [0.4, 0.5) is 20.1 Å². The van der Waals surface area contributed by atoms with Gasteiger partial charge in [0.2, 0.25) is 17.7 Å². The number of nitrogens with two attached hydrogens (primary N) is 1. The number of primary amides is 1. The van der Waals surface area contributed by atoms with E-state index in [-0.39, 0.29) is 150 Å². The van der Waals surface area contributed by atoms with Gasteiger partial charge in [0, 0.05) is 118 Å². The number of rotatable bonds is 39. The maximum absolute atomic E-state index is 14.4. The molecule has 1 saturated heterocycles. The number of carbonyl (C=O) groups is 9. The van der Waals surface area contributed by atoms with Crippen molar-refractivity contribution in [3.63, 3.8) is 0 Å². The fraction of sp³-hybridized carbons (Fsp3) is 0.515. The van der Waals surface area contributed by atoms with Crippen LogP contribution in [0.2, 0.25) is 0 Å². The smallest absolute Gasteiger partial charge is 0.415 e. The molecule has 3 heterocycles. The van der Waals surface area contributed by atoms with E-state index >= 15 is 0 Å². The summed E-state index contributed by atoms with van der Waals surface area (Å²) in [4.78, 5) is 128. The third-order valence-corrected chi connectivity index (χ3v) is 16.8. The number of benzene rings is 4. The molecule has 2 aliphatic heterocycles. The molecule has 94 heavy (non-hydrogen) atoms. The summed E-state index contributed by atoms with van der Waals surface area (Å²) in [6, 6.07) is 21.9. The number of Topliss-reactive ketones (excluding diaryl/α,β-unsaturated/α-hetero) is 2. The molecule has 2 aliphatic rings. The first-order valence-corrected chi connectivity index (χ1v) is 32.4. The number of H-pyrrole nitrogens is 1. The Morgan fingerprint density at radius 3 is 2.05 bits per heavy atom. The van der Waals surface area contributed by atoms with Crippen LogP contribution >= 0.6 is 11.6 Å². The summed E-state index contributed by atoms with van der Waals surface area (Å²) >= 11 is 6.58. The monoisotopic (exact) mass is 1320 g/mol. The number of nitrogens with one attached hydrogen (secondary N) is 3. The van der Waals surface area contributed by atoms with Crippen LogP contribution in [0.1, 0.15) is 86.0 Å². The maximum Gasteiger partial charge on any atom is 0.415 e. The lowest BCUT2D eigenvalue weighted by Gasteiger charge is -2.24. The van der Waals surface area contributed by atoms with Crippen LogP contribution in [0, 0.1) is 17.8 Å². The van der Waals surface area contributed by atoms with Gasteiger partial charge in [-0.25, -0.2) is 14.4 Å². The molecule has 5 N–H and O–H groups in total. The van der Waals surface area contributed by atoms with Crippen molar-refractivity contribution in [2.45, 2.75) is 77.9 Å². The van der Waals surface area contributed by atoms with Gasteiger partial charge < -0.3 is 74.1 Å². The Kier molecular flexibility index (Phi) is 28.4. The quantitative estimate of drug-likeness (QED) is 0.0174. The van der Waals surface area contributed by atoms with Gasteiger partial charge in [-0.05, 0) is 79.2 Å². The summed E-state index contributed by atoms with van der Waals surface area (Å²) in [5.41, 5.74) is 9.16. The number of aromatic nitrogens is 1. The highest BCUT2D eigenvalue weighted by Gasteiger charge is 2.37. The molecule has 0 saturated carbocycles. The molecule has 0 radical (unpaired) electrons. The zero-order valence-corrected chi connectivity index (χ0v) is 55.6. The molecular weight excluding hydrogens is 1230 g/mol. The lowest BCUT2D eigenvalue weighted by Crippen LogP contribution is -2.46. The molecule has 4 aromatic carbocycles.